The smallest absolute Gasteiger partial charge is 0.257 e. The van der Waals surface area contributed by atoms with Gasteiger partial charge < -0.3 is 19.8 Å². The molecule has 1 aromatic carbocycles. The van der Waals surface area contributed by atoms with Crippen molar-refractivity contribution in [2.45, 2.75) is 30.8 Å². The lowest BCUT2D eigenvalue weighted by molar-refractivity contribution is -0.116. The van der Waals surface area contributed by atoms with E-state index in [1.165, 1.54) is 11.8 Å². The zero-order valence-corrected chi connectivity index (χ0v) is 16.5. The number of nitrogens with zero attached hydrogens (tertiary/aromatic N) is 1. The summed E-state index contributed by atoms with van der Waals surface area (Å²) in [5.41, 5.74) is 0.818. The number of methoxy groups -OCH3 is 1. The fourth-order valence-corrected chi connectivity index (χ4v) is 3.66. The zero-order chi connectivity index (χ0) is 20.1. The number of rotatable bonds is 7. The predicted octanol–water partition coefficient (Wildman–Crippen LogP) is 2.77. The van der Waals surface area contributed by atoms with Gasteiger partial charge in [-0.2, -0.15) is 0 Å². The monoisotopic (exact) mass is 399 g/mol. The van der Waals surface area contributed by atoms with Crippen LogP contribution in [-0.4, -0.2) is 35.3 Å². The normalized spacial score (nSPS) is 15.3. The molecular formula is C20H21N3O4S. The van der Waals surface area contributed by atoms with E-state index in [4.69, 9.17) is 15.9 Å². The molecular weight excluding hydrogens is 378 g/mol. The average Bonchev–Trinajstić information content (AvgIpc) is 2.69. The van der Waals surface area contributed by atoms with Gasteiger partial charge in [-0.15, -0.1) is 6.42 Å². The van der Waals surface area contributed by atoms with E-state index in [2.05, 4.69) is 21.2 Å². The number of aromatic nitrogens is 2. The van der Waals surface area contributed by atoms with E-state index in [-0.39, 0.29) is 23.7 Å². The third-order valence-electron chi connectivity index (χ3n) is 4.28. The van der Waals surface area contributed by atoms with E-state index < -0.39 is 5.92 Å². The lowest BCUT2D eigenvalue weighted by Crippen LogP contribution is -2.31. The Bertz CT molecular complexity index is 980. The lowest BCUT2D eigenvalue weighted by Gasteiger charge is -2.26. The van der Waals surface area contributed by atoms with E-state index in [1.807, 2.05) is 19.1 Å². The summed E-state index contributed by atoms with van der Waals surface area (Å²) in [4.78, 5) is 32.3. The Balaban J connectivity index is 2.12. The molecule has 1 aliphatic rings. The molecule has 1 atom stereocenters. The molecule has 0 fully saturated rings. The van der Waals surface area contributed by atoms with Crippen molar-refractivity contribution in [1.29, 1.82) is 0 Å². The average molecular weight is 399 g/mol. The van der Waals surface area contributed by atoms with E-state index in [1.54, 1.807) is 13.2 Å². The maximum absolute atomic E-state index is 12.8. The number of anilines is 1. The number of thioether (sulfide) groups is 1. The minimum absolute atomic E-state index is 0.115. The van der Waals surface area contributed by atoms with Crippen LogP contribution in [0.15, 0.2) is 28.2 Å². The molecule has 2 heterocycles. The fourth-order valence-electron chi connectivity index (χ4n) is 3.12. The Morgan fingerprint density at radius 3 is 2.93 bits per heavy atom. The number of amides is 1. The summed E-state index contributed by atoms with van der Waals surface area (Å²) < 4.78 is 11.3. The van der Waals surface area contributed by atoms with Gasteiger partial charge in [-0.1, -0.05) is 36.7 Å². The molecule has 1 aliphatic heterocycles. The first kappa shape index (κ1) is 19.8. The second kappa shape index (κ2) is 8.85. The number of nitrogens with one attached hydrogen (secondary N) is 2. The summed E-state index contributed by atoms with van der Waals surface area (Å²) in [6.45, 7) is 2.50. The first-order chi connectivity index (χ1) is 13.6. The number of H-pyrrole nitrogens is 1. The van der Waals surface area contributed by atoms with Gasteiger partial charge in [-0.05, 0) is 12.5 Å². The molecule has 2 aromatic rings. The fraction of sp³-hybridized carbons (Fsp3) is 0.350. The highest BCUT2D eigenvalue weighted by Gasteiger charge is 2.33. The number of carbonyl (C=O) groups is 1. The van der Waals surface area contributed by atoms with Crippen molar-refractivity contribution < 1.29 is 14.3 Å². The molecule has 0 bridgehead atoms. The summed E-state index contributed by atoms with van der Waals surface area (Å²) in [6.07, 6.45) is 6.20. The summed E-state index contributed by atoms with van der Waals surface area (Å²) in [5.74, 6) is 3.50. The Labute approximate surface area is 167 Å². The van der Waals surface area contributed by atoms with Gasteiger partial charge in [-0.3, -0.25) is 9.59 Å². The van der Waals surface area contributed by atoms with Crippen molar-refractivity contribution in [3.8, 4) is 23.8 Å². The Hall–Kier alpha value is -2.92. The summed E-state index contributed by atoms with van der Waals surface area (Å²) in [6, 6.07) is 5.46. The van der Waals surface area contributed by atoms with Crippen LogP contribution in [0.25, 0.3) is 0 Å². The van der Waals surface area contributed by atoms with Gasteiger partial charge in [-0.25, -0.2) is 4.98 Å². The van der Waals surface area contributed by atoms with Gasteiger partial charge in [0, 0.05) is 17.9 Å². The first-order valence-corrected chi connectivity index (χ1v) is 9.87. The molecule has 0 saturated heterocycles. The molecule has 1 unspecified atom stereocenters. The van der Waals surface area contributed by atoms with Crippen LogP contribution in [0.3, 0.4) is 0 Å². The maximum atomic E-state index is 12.8. The second-order valence-corrected chi connectivity index (χ2v) is 7.12. The minimum atomic E-state index is -0.492. The standard InChI is InChI=1S/C20H21N3O4S/c1-4-9-27-17-12(7-6-8-14(17)26-3)13-11-15(24)21-18-16(13)19(25)23-20(22-18)28-10-5-2/h2,6-8,13H,4,9-11H2,1,3H3,(H2,21,22,23,24,25). The topological polar surface area (TPSA) is 93.3 Å². The van der Waals surface area contributed by atoms with E-state index in [9.17, 15) is 9.59 Å². The Kier molecular flexibility index (Phi) is 6.26. The van der Waals surface area contributed by atoms with Gasteiger partial charge in [0.1, 0.15) is 5.82 Å². The van der Waals surface area contributed by atoms with Crippen LogP contribution in [-0.2, 0) is 4.79 Å². The minimum Gasteiger partial charge on any atom is -0.493 e. The quantitative estimate of drug-likeness (QED) is 0.422. The van der Waals surface area contributed by atoms with Crippen molar-refractivity contribution in [3.63, 3.8) is 0 Å². The highest BCUT2D eigenvalue weighted by molar-refractivity contribution is 7.99. The molecule has 28 heavy (non-hydrogen) atoms. The molecule has 0 spiro atoms. The SMILES string of the molecule is C#CCSc1nc2c(c(=O)[nH]1)C(c1cccc(OC)c1OCCC)CC(=O)N2. The van der Waals surface area contributed by atoms with E-state index in [0.717, 1.165) is 12.0 Å². The predicted molar refractivity (Wildman–Crippen MR) is 108 cm³/mol. The zero-order valence-electron chi connectivity index (χ0n) is 15.7. The molecule has 0 radical (unpaired) electrons. The van der Waals surface area contributed by atoms with Crippen LogP contribution in [0.5, 0.6) is 11.5 Å². The highest BCUT2D eigenvalue weighted by atomic mass is 32.2. The third-order valence-corrected chi connectivity index (χ3v) is 5.05. The van der Waals surface area contributed by atoms with Crippen LogP contribution in [0.1, 0.15) is 36.8 Å². The molecule has 146 valence electrons. The van der Waals surface area contributed by atoms with Crippen LogP contribution in [0, 0.1) is 12.3 Å². The van der Waals surface area contributed by atoms with Crippen molar-refractivity contribution in [2.75, 3.05) is 24.8 Å². The highest BCUT2D eigenvalue weighted by Crippen LogP contribution is 2.42. The molecule has 1 aromatic heterocycles. The summed E-state index contributed by atoms with van der Waals surface area (Å²) >= 11 is 1.23. The van der Waals surface area contributed by atoms with Crippen molar-refractivity contribution >= 4 is 23.5 Å². The van der Waals surface area contributed by atoms with Gasteiger partial charge >= 0.3 is 0 Å². The van der Waals surface area contributed by atoms with Gasteiger partial charge in [0.05, 0.1) is 25.0 Å². The van der Waals surface area contributed by atoms with Crippen molar-refractivity contribution in [2.24, 2.45) is 0 Å². The van der Waals surface area contributed by atoms with E-state index in [0.29, 0.717) is 34.6 Å². The molecule has 8 heteroatoms. The van der Waals surface area contributed by atoms with Crippen molar-refractivity contribution in [1.82, 2.24) is 9.97 Å². The first-order valence-electron chi connectivity index (χ1n) is 8.89. The van der Waals surface area contributed by atoms with Gasteiger partial charge in [0.2, 0.25) is 5.91 Å². The molecule has 2 N–H and O–H groups in total. The number of carbonyl (C=O) groups excluding carboxylic acids is 1. The van der Waals surface area contributed by atoms with Crippen molar-refractivity contribution in [3.05, 3.63) is 39.7 Å². The number of benzene rings is 1. The van der Waals surface area contributed by atoms with Crippen LogP contribution >= 0.6 is 11.8 Å². The Morgan fingerprint density at radius 2 is 2.21 bits per heavy atom. The number of aromatic amines is 1. The van der Waals surface area contributed by atoms with Crippen LogP contribution in [0.4, 0.5) is 5.82 Å². The Morgan fingerprint density at radius 1 is 1.39 bits per heavy atom. The van der Waals surface area contributed by atoms with Gasteiger partial charge in [0.25, 0.3) is 5.56 Å². The number of ether oxygens (including phenoxy) is 2. The number of para-hydroxylation sites is 1. The van der Waals surface area contributed by atoms with E-state index >= 15 is 0 Å². The number of terminal acetylenes is 1. The van der Waals surface area contributed by atoms with Crippen LogP contribution in [0.2, 0.25) is 0 Å². The van der Waals surface area contributed by atoms with Crippen LogP contribution < -0.4 is 20.3 Å². The molecule has 1 amide bonds. The summed E-state index contributed by atoms with van der Waals surface area (Å²) in [7, 11) is 1.56. The maximum Gasteiger partial charge on any atom is 0.257 e. The number of hydrogen-bond donors (Lipinski definition) is 2. The number of fused-ring (bicyclic) bond motifs is 1. The molecule has 0 aliphatic carbocycles. The second-order valence-electron chi connectivity index (χ2n) is 6.16. The summed E-state index contributed by atoms with van der Waals surface area (Å²) in [5, 5.41) is 3.07. The third kappa shape index (κ3) is 3.99. The van der Waals surface area contributed by atoms with Gasteiger partial charge in [0.15, 0.2) is 16.7 Å². The largest absolute Gasteiger partial charge is 0.493 e. The molecule has 3 rings (SSSR count). The molecule has 7 nitrogen and oxygen atoms in total. The molecule has 0 saturated carbocycles. The number of hydrogen-bond acceptors (Lipinski definition) is 6. The lowest BCUT2D eigenvalue weighted by atomic mass is 9.86.